The normalized spacial score (nSPS) is 12.2. The van der Waals surface area contributed by atoms with Crippen LogP contribution in [0.5, 0.6) is 0 Å². The van der Waals surface area contributed by atoms with Crippen molar-refractivity contribution in [1.82, 2.24) is 9.97 Å². The number of aliphatic hydroxyl groups excluding tert-OH is 1. The number of allylic oxidation sites excluding steroid dienone is 2. The zero-order chi connectivity index (χ0) is 38.4. The van der Waals surface area contributed by atoms with Gasteiger partial charge in [-0.3, -0.25) is 4.79 Å². The van der Waals surface area contributed by atoms with Gasteiger partial charge in [0.05, 0.1) is 13.6 Å². The number of ketones is 1. The van der Waals surface area contributed by atoms with Crippen molar-refractivity contribution in [2.75, 3.05) is 0 Å². The number of nitrogens with zero attached hydrogens (tertiary/aromatic N) is 2. The molecule has 1 radical (unpaired) electrons. The maximum atomic E-state index is 12.3. The summed E-state index contributed by atoms with van der Waals surface area (Å²) >= 11 is 0. The summed E-state index contributed by atoms with van der Waals surface area (Å²) in [5, 5.41) is 11.8. The minimum absolute atomic E-state index is 0. The molecule has 0 saturated heterocycles. The molecular formula is C44H49F3IrN2O2-2. The molecule has 3 aromatic carbocycles. The first kappa shape index (κ1) is 42.3. The molecule has 0 saturated carbocycles. The molecule has 2 aromatic heterocycles. The molecule has 0 fully saturated rings. The Morgan fingerprint density at radius 1 is 0.904 bits per heavy atom. The van der Waals surface area contributed by atoms with Crippen LogP contribution in [0, 0.1) is 37.8 Å². The fourth-order valence-corrected chi connectivity index (χ4v) is 5.61. The summed E-state index contributed by atoms with van der Waals surface area (Å²) in [5.41, 5.74) is 7.40. The van der Waals surface area contributed by atoms with Crippen LogP contribution >= 0.6 is 0 Å². The predicted molar refractivity (Wildman–Crippen MR) is 202 cm³/mol. The van der Waals surface area contributed by atoms with Crippen molar-refractivity contribution in [2.45, 2.75) is 86.2 Å². The van der Waals surface area contributed by atoms with E-state index in [4.69, 9.17) is 1.37 Å². The Kier molecular flexibility index (Phi) is 17.4. The molecule has 52 heavy (non-hydrogen) atoms. The molecule has 0 bridgehead atoms. The standard InChI is InChI=1S/C20H20N.C13H21F3O2.C11H8N.Ir/c1-13(2)16-5-6-19-17(12-16)7-8-21-20(19)18-10-14(3)9-15(4)11-18;1-4-9(5-2)11(17)7-12(18)10(6-3)8-13(14,15)16;1-2-6-10(7-3-1)11-8-4-5-9-12-11;/h5-10,12-13H,1-4H3;7,9-10,18H,4-6,8H2,1-3H3;1-6,8-9H;/q-1;;-1;/b;12-7-;;/i8D;;;. The van der Waals surface area contributed by atoms with E-state index in [9.17, 15) is 23.1 Å². The number of carbonyl (C=O) groups is 1. The second kappa shape index (κ2) is 21.4. The van der Waals surface area contributed by atoms with Gasteiger partial charge in [-0.1, -0.05) is 78.8 Å². The van der Waals surface area contributed by atoms with Gasteiger partial charge in [-0.05, 0) is 65.0 Å². The minimum Gasteiger partial charge on any atom is -0.512 e. The van der Waals surface area contributed by atoms with E-state index in [0.717, 1.165) is 44.9 Å². The molecule has 8 heteroatoms. The molecule has 2 heterocycles. The number of hydrogen-bond donors (Lipinski definition) is 1. The average molecular weight is 888 g/mol. The van der Waals surface area contributed by atoms with E-state index in [1.165, 1.54) is 11.1 Å². The molecule has 4 nitrogen and oxygen atoms in total. The largest absolute Gasteiger partial charge is 0.512 e. The molecule has 0 aliphatic carbocycles. The molecule has 1 unspecified atom stereocenters. The van der Waals surface area contributed by atoms with E-state index in [0.29, 0.717) is 24.9 Å². The van der Waals surface area contributed by atoms with Gasteiger partial charge in [0.2, 0.25) is 0 Å². The third-order valence-electron chi connectivity index (χ3n) is 8.51. The van der Waals surface area contributed by atoms with Crippen LogP contribution in [-0.4, -0.2) is 27.0 Å². The van der Waals surface area contributed by atoms with Crippen LogP contribution in [0.25, 0.3) is 33.3 Å². The Hall–Kier alpha value is -4.13. The Bertz CT molecular complexity index is 1850. The number of hydrogen-bond acceptors (Lipinski definition) is 4. The van der Waals surface area contributed by atoms with Crippen LogP contribution in [0.4, 0.5) is 13.2 Å². The van der Waals surface area contributed by atoms with Crippen LogP contribution in [0.2, 0.25) is 0 Å². The Morgan fingerprint density at radius 3 is 2.15 bits per heavy atom. The molecule has 0 aliphatic rings. The van der Waals surface area contributed by atoms with Gasteiger partial charge in [0, 0.05) is 50.4 Å². The van der Waals surface area contributed by atoms with E-state index in [1.54, 1.807) is 13.1 Å². The average Bonchev–Trinajstić information content (AvgIpc) is 3.11. The Balaban J connectivity index is 0.000000284. The molecule has 279 valence electrons. The van der Waals surface area contributed by atoms with Gasteiger partial charge in [0.25, 0.3) is 0 Å². The molecule has 1 N–H and O–H groups in total. The minimum atomic E-state index is -4.33. The Labute approximate surface area is 322 Å². The monoisotopic (exact) mass is 888 g/mol. The van der Waals surface area contributed by atoms with Crippen LogP contribution in [0.15, 0.2) is 103 Å². The van der Waals surface area contributed by atoms with E-state index in [1.807, 2.05) is 69.3 Å². The Morgan fingerprint density at radius 2 is 1.60 bits per heavy atom. The second-order valence-electron chi connectivity index (χ2n) is 12.9. The van der Waals surface area contributed by atoms with E-state index in [-0.39, 0.29) is 38.2 Å². The third kappa shape index (κ3) is 13.8. The number of alkyl halides is 3. The molecular weight excluding hydrogens is 838 g/mol. The molecule has 5 rings (SSSR count). The van der Waals surface area contributed by atoms with Gasteiger partial charge < -0.3 is 15.1 Å². The van der Waals surface area contributed by atoms with Crippen molar-refractivity contribution in [2.24, 2.45) is 11.8 Å². The van der Waals surface area contributed by atoms with Crippen molar-refractivity contribution in [3.8, 4) is 22.5 Å². The van der Waals surface area contributed by atoms with Crippen molar-refractivity contribution in [3.05, 3.63) is 132 Å². The second-order valence-corrected chi connectivity index (χ2v) is 12.9. The SMILES string of the molecule is CCC(CC)C(=O)/C=C(\O)C(CC)CC(F)(F)F.[2H]c1cc2cc(C(C)C)ccc2c(-c2[c-]c(C)cc(C)c2)n1.[Ir].[c-]1ccccc1-c1ccccn1. The zero-order valence-corrected chi connectivity index (χ0v) is 33.3. The quantitative estimate of drug-likeness (QED) is 0.0862. The number of aryl methyl sites for hydroxylation is 2. The smallest absolute Gasteiger partial charge is 0.389 e. The summed E-state index contributed by atoms with van der Waals surface area (Å²) in [4.78, 5) is 20.4. The van der Waals surface area contributed by atoms with E-state index >= 15 is 0 Å². The van der Waals surface area contributed by atoms with Gasteiger partial charge in [-0.15, -0.1) is 70.8 Å². The number of pyridine rings is 2. The fraction of sp³-hybridized carbons (Fsp3) is 0.341. The van der Waals surface area contributed by atoms with Gasteiger partial charge in [-0.25, -0.2) is 0 Å². The third-order valence-corrected chi connectivity index (χ3v) is 8.51. The first-order valence-electron chi connectivity index (χ1n) is 18.0. The van der Waals surface area contributed by atoms with Gasteiger partial charge in [-0.2, -0.15) is 13.2 Å². The van der Waals surface area contributed by atoms with Crippen LogP contribution in [0.1, 0.15) is 84.3 Å². The molecule has 0 spiro atoms. The molecule has 0 amide bonds. The van der Waals surface area contributed by atoms with Crippen LogP contribution in [0.3, 0.4) is 0 Å². The predicted octanol–water partition coefficient (Wildman–Crippen LogP) is 12.4. The van der Waals surface area contributed by atoms with Crippen molar-refractivity contribution < 1.29 is 44.5 Å². The summed E-state index contributed by atoms with van der Waals surface area (Å²) in [6.07, 6.45) is -0.977. The molecule has 1 atom stereocenters. The number of benzene rings is 3. The van der Waals surface area contributed by atoms with E-state index < -0.39 is 24.3 Å². The van der Waals surface area contributed by atoms with Gasteiger partial charge in [0.1, 0.15) is 0 Å². The topological polar surface area (TPSA) is 63.1 Å². The maximum absolute atomic E-state index is 12.3. The van der Waals surface area contributed by atoms with Crippen LogP contribution < -0.4 is 0 Å². The molecule has 5 aromatic rings. The number of halogens is 3. The number of rotatable bonds is 10. The number of aliphatic hydroxyl groups is 1. The summed E-state index contributed by atoms with van der Waals surface area (Å²) < 4.78 is 44.8. The fourth-order valence-electron chi connectivity index (χ4n) is 5.61. The maximum Gasteiger partial charge on any atom is 0.389 e. The first-order valence-corrected chi connectivity index (χ1v) is 17.5. The number of fused-ring (bicyclic) bond motifs is 1. The van der Waals surface area contributed by atoms with Crippen molar-refractivity contribution >= 4 is 16.6 Å². The van der Waals surface area contributed by atoms with Crippen molar-refractivity contribution in [1.29, 1.82) is 0 Å². The van der Waals surface area contributed by atoms with Gasteiger partial charge in [0.15, 0.2) is 5.78 Å². The first-order chi connectivity index (χ1) is 24.6. The number of carbonyl (C=O) groups excluding carboxylic acids is 1. The molecule has 0 aliphatic heterocycles. The summed E-state index contributed by atoms with van der Waals surface area (Å²) in [5.74, 6) is -1.52. The van der Waals surface area contributed by atoms with E-state index in [2.05, 4.69) is 73.2 Å². The number of aromatic nitrogens is 2. The summed E-state index contributed by atoms with van der Waals surface area (Å²) in [6.45, 7) is 13.7. The zero-order valence-electron chi connectivity index (χ0n) is 31.9. The van der Waals surface area contributed by atoms with Crippen LogP contribution in [-0.2, 0) is 24.9 Å². The van der Waals surface area contributed by atoms with Gasteiger partial charge >= 0.3 is 6.18 Å². The van der Waals surface area contributed by atoms with Crippen molar-refractivity contribution in [3.63, 3.8) is 0 Å². The summed E-state index contributed by atoms with van der Waals surface area (Å²) in [6, 6.07) is 32.7. The summed E-state index contributed by atoms with van der Waals surface area (Å²) in [7, 11) is 0.